The van der Waals surface area contributed by atoms with E-state index in [0.717, 1.165) is 18.4 Å². The summed E-state index contributed by atoms with van der Waals surface area (Å²) >= 11 is 0. The van der Waals surface area contributed by atoms with Crippen LogP contribution in [0.4, 0.5) is 0 Å². The van der Waals surface area contributed by atoms with Crippen molar-refractivity contribution in [2.45, 2.75) is 61.3 Å². The minimum absolute atomic E-state index is 0.0880. The number of aliphatic hydroxyl groups excluding tert-OH is 1. The van der Waals surface area contributed by atoms with Gasteiger partial charge in [0.05, 0.1) is 18.8 Å². The Morgan fingerprint density at radius 3 is 2.21 bits per heavy atom. The summed E-state index contributed by atoms with van der Waals surface area (Å²) in [5.74, 6) is 0.615. The normalized spacial score (nSPS) is 11.4. The molecule has 0 unspecified atom stereocenters. The third kappa shape index (κ3) is 6.56. The van der Waals surface area contributed by atoms with Crippen molar-refractivity contribution >= 4 is 11.9 Å². The fraction of sp³-hybridized carbons (Fsp3) is 0.667. The first-order valence-corrected chi connectivity index (χ1v) is 10.9. The van der Waals surface area contributed by atoms with Crippen LogP contribution in [0.15, 0.2) is 12.1 Å². The number of esters is 1. The van der Waals surface area contributed by atoms with Gasteiger partial charge in [-0.3, -0.25) is 4.79 Å². The van der Waals surface area contributed by atoms with Gasteiger partial charge in [0, 0.05) is 18.7 Å². The molecule has 0 saturated heterocycles. The fourth-order valence-corrected chi connectivity index (χ4v) is 3.85. The number of aliphatic hydroxyl groups is 1. The molecule has 0 aromatic heterocycles. The second-order valence-corrected chi connectivity index (χ2v) is 8.38. The number of carbonyl (C=O) groups is 2. The van der Waals surface area contributed by atoms with Crippen LogP contribution in [-0.4, -0.2) is 48.2 Å². The van der Waals surface area contributed by atoms with Gasteiger partial charge < -0.3 is 14.7 Å². The lowest BCUT2D eigenvalue weighted by Crippen LogP contribution is -2.34. The van der Waals surface area contributed by atoms with E-state index in [-0.39, 0.29) is 25.0 Å². The van der Waals surface area contributed by atoms with Crippen molar-refractivity contribution in [1.29, 1.82) is 0 Å². The second-order valence-electron chi connectivity index (χ2n) is 8.38. The molecule has 0 bridgehead atoms. The van der Waals surface area contributed by atoms with Crippen LogP contribution in [0.5, 0.6) is 0 Å². The number of benzene rings is 1. The Balaban J connectivity index is 3.23. The largest absolute Gasteiger partial charge is 0.462 e. The average Bonchev–Trinajstić information content (AvgIpc) is 2.65. The SMILES string of the molecule is CCCc1ccc(C(=O)OCC(C(C)C)C(C)C)c(C)c1C(=O)N(CC)CCO. The van der Waals surface area contributed by atoms with Crippen LogP contribution in [0.2, 0.25) is 0 Å². The lowest BCUT2D eigenvalue weighted by atomic mass is 9.86. The first-order chi connectivity index (χ1) is 13.7. The van der Waals surface area contributed by atoms with E-state index >= 15 is 0 Å². The zero-order valence-electron chi connectivity index (χ0n) is 19.2. The zero-order chi connectivity index (χ0) is 22.1. The molecule has 0 aliphatic heterocycles. The van der Waals surface area contributed by atoms with E-state index in [2.05, 4.69) is 34.6 Å². The smallest absolute Gasteiger partial charge is 0.338 e. The van der Waals surface area contributed by atoms with E-state index in [1.54, 1.807) is 11.0 Å². The Bertz CT molecular complexity index is 674. The number of aryl methyl sites for hydroxylation is 1. The van der Waals surface area contributed by atoms with E-state index < -0.39 is 0 Å². The van der Waals surface area contributed by atoms with Crippen LogP contribution in [0.1, 0.15) is 79.8 Å². The topological polar surface area (TPSA) is 66.8 Å². The van der Waals surface area contributed by atoms with Crippen LogP contribution >= 0.6 is 0 Å². The number of carbonyl (C=O) groups excluding carboxylic acids is 2. The van der Waals surface area contributed by atoms with Gasteiger partial charge in [-0.15, -0.1) is 0 Å². The Morgan fingerprint density at radius 2 is 1.72 bits per heavy atom. The maximum atomic E-state index is 13.2. The number of likely N-dealkylation sites (N-methyl/N-ethyl adjacent to an activating group) is 1. The molecule has 1 aromatic rings. The molecule has 0 radical (unpaired) electrons. The van der Waals surface area contributed by atoms with Gasteiger partial charge in [-0.1, -0.05) is 47.1 Å². The second kappa shape index (κ2) is 12.0. The van der Waals surface area contributed by atoms with E-state index in [1.165, 1.54) is 0 Å². The standard InChI is InChI=1S/C24H39NO4/c1-8-10-19-11-12-20(24(28)29-15-21(16(3)4)17(5)6)18(7)22(19)23(27)25(9-2)13-14-26/h11-12,16-17,21,26H,8-10,13-15H2,1-7H3. The quantitative estimate of drug-likeness (QED) is 0.551. The van der Waals surface area contributed by atoms with Crippen molar-refractivity contribution < 1.29 is 19.4 Å². The summed E-state index contributed by atoms with van der Waals surface area (Å²) < 4.78 is 5.66. The van der Waals surface area contributed by atoms with Crippen LogP contribution < -0.4 is 0 Å². The first kappa shape index (κ1) is 25.2. The predicted octanol–water partition coefficient (Wildman–Crippen LogP) is 4.49. The number of hydrogen-bond acceptors (Lipinski definition) is 4. The molecular weight excluding hydrogens is 366 g/mol. The summed E-state index contributed by atoms with van der Waals surface area (Å²) in [4.78, 5) is 27.6. The van der Waals surface area contributed by atoms with Crippen LogP contribution in [0.3, 0.4) is 0 Å². The van der Waals surface area contributed by atoms with Crippen molar-refractivity contribution in [3.8, 4) is 0 Å². The summed E-state index contributed by atoms with van der Waals surface area (Å²) in [5, 5.41) is 9.29. The predicted molar refractivity (Wildman–Crippen MR) is 117 cm³/mol. The van der Waals surface area contributed by atoms with Crippen molar-refractivity contribution in [3.05, 3.63) is 34.4 Å². The maximum Gasteiger partial charge on any atom is 0.338 e. The van der Waals surface area contributed by atoms with Gasteiger partial charge in [-0.2, -0.15) is 0 Å². The first-order valence-electron chi connectivity index (χ1n) is 10.9. The number of rotatable bonds is 11. The van der Waals surface area contributed by atoms with Gasteiger partial charge in [-0.05, 0) is 55.2 Å². The molecule has 0 aliphatic rings. The molecule has 0 aliphatic carbocycles. The number of hydrogen-bond donors (Lipinski definition) is 1. The molecule has 1 N–H and O–H groups in total. The molecule has 0 atom stereocenters. The van der Waals surface area contributed by atoms with E-state index in [0.29, 0.717) is 47.6 Å². The molecule has 0 fully saturated rings. The van der Waals surface area contributed by atoms with Gasteiger partial charge >= 0.3 is 5.97 Å². The molecule has 0 saturated carbocycles. The van der Waals surface area contributed by atoms with Crippen molar-refractivity contribution in [1.82, 2.24) is 4.90 Å². The van der Waals surface area contributed by atoms with Gasteiger partial charge in [-0.25, -0.2) is 4.79 Å². The number of ether oxygens (including phenoxy) is 1. The van der Waals surface area contributed by atoms with Gasteiger partial charge in [0.1, 0.15) is 0 Å². The molecule has 5 heteroatoms. The Kier molecular flexibility index (Phi) is 10.4. The van der Waals surface area contributed by atoms with Crippen molar-refractivity contribution in [2.75, 3.05) is 26.3 Å². The zero-order valence-corrected chi connectivity index (χ0v) is 19.2. The lowest BCUT2D eigenvalue weighted by Gasteiger charge is -2.25. The van der Waals surface area contributed by atoms with Gasteiger partial charge in [0.25, 0.3) is 5.91 Å². The number of nitrogens with zero attached hydrogens (tertiary/aromatic N) is 1. The molecule has 1 aromatic carbocycles. The van der Waals surface area contributed by atoms with Gasteiger partial charge in [0.15, 0.2) is 0 Å². The molecule has 0 spiro atoms. The lowest BCUT2D eigenvalue weighted by molar-refractivity contribution is 0.0353. The highest BCUT2D eigenvalue weighted by atomic mass is 16.5. The number of amides is 1. The summed E-state index contributed by atoms with van der Waals surface area (Å²) in [6.45, 7) is 15.4. The average molecular weight is 406 g/mol. The van der Waals surface area contributed by atoms with Crippen molar-refractivity contribution in [3.63, 3.8) is 0 Å². The molecule has 164 valence electrons. The van der Waals surface area contributed by atoms with E-state index in [4.69, 9.17) is 4.74 Å². The van der Waals surface area contributed by atoms with Crippen LogP contribution in [0, 0.1) is 24.7 Å². The molecule has 1 amide bonds. The Hall–Kier alpha value is -1.88. The highest BCUT2D eigenvalue weighted by molar-refractivity contribution is 6.01. The van der Waals surface area contributed by atoms with Crippen LogP contribution in [-0.2, 0) is 11.2 Å². The maximum absolute atomic E-state index is 13.2. The summed E-state index contributed by atoms with van der Waals surface area (Å²) in [7, 11) is 0. The third-order valence-electron chi connectivity index (χ3n) is 5.66. The van der Waals surface area contributed by atoms with E-state index in [1.807, 2.05) is 19.9 Å². The fourth-order valence-electron chi connectivity index (χ4n) is 3.85. The monoisotopic (exact) mass is 405 g/mol. The van der Waals surface area contributed by atoms with Crippen molar-refractivity contribution in [2.24, 2.45) is 17.8 Å². The van der Waals surface area contributed by atoms with Crippen LogP contribution in [0.25, 0.3) is 0 Å². The molecule has 0 heterocycles. The minimum atomic E-state index is -0.379. The highest BCUT2D eigenvalue weighted by Crippen LogP contribution is 2.25. The third-order valence-corrected chi connectivity index (χ3v) is 5.66. The molecule has 29 heavy (non-hydrogen) atoms. The molecular formula is C24H39NO4. The summed E-state index contributed by atoms with van der Waals surface area (Å²) in [6.07, 6.45) is 1.66. The summed E-state index contributed by atoms with van der Waals surface area (Å²) in [6, 6.07) is 3.65. The van der Waals surface area contributed by atoms with Gasteiger partial charge in [0.2, 0.25) is 0 Å². The molecule has 1 rings (SSSR count). The Labute approximate surface area is 176 Å². The Morgan fingerprint density at radius 1 is 1.10 bits per heavy atom. The minimum Gasteiger partial charge on any atom is -0.462 e. The molecule has 5 nitrogen and oxygen atoms in total. The summed E-state index contributed by atoms with van der Waals surface area (Å²) in [5.41, 5.74) is 2.61. The van der Waals surface area contributed by atoms with E-state index in [9.17, 15) is 14.7 Å². The highest BCUT2D eigenvalue weighted by Gasteiger charge is 2.25.